The standard InChI is InChI=1S/C36H42N6O4/c1-39(2)23-24-5-8-26(9-6-24)34-29(21-33-35(43)30-19-25(22-38-36(37)44)7-12-32(30)46-33)28-20-27(45-4)10-11-31(28)42(34)18-17-41-15-13-40(3)14-16-41/h5-12,19-21H,13-18,22-23H2,1-4H3,(H3,37,38,44). The van der Waals surface area contributed by atoms with Crippen LogP contribution in [-0.2, 0) is 19.6 Å². The van der Waals surface area contributed by atoms with Crippen LogP contribution in [0, 0.1) is 0 Å². The summed E-state index contributed by atoms with van der Waals surface area (Å²) < 4.78 is 14.2. The van der Waals surface area contributed by atoms with Crippen molar-refractivity contribution in [3.63, 3.8) is 0 Å². The molecule has 0 saturated carbocycles. The van der Waals surface area contributed by atoms with Crippen molar-refractivity contribution in [1.82, 2.24) is 24.6 Å². The Morgan fingerprint density at radius 2 is 1.74 bits per heavy atom. The number of likely N-dealkylation sites (N-methyl/N-ethyl adjacent to an activating group) is 1. The zero-order chi connectivity index (χ0) is 32.4. The van der Waals surface area contributed by atoms with Gasteiger partial charge < -0.3 is 34.9 Å². The fraction of sp³-hybridized carbons (Fsp3) is 0.333. The SMILES string of the molecule is COc1ccc2c(c1)c(C=C1Oc3ccc(CNC(N)=O)cc3C1=O)c(-c1ccc(CN(C)C)cc1)n2CCN1CCN(C)CC1. The molecule has 3 heterocycles. The minimum atomic E-state index is -0.620. The van der Waals surface area contributed by atoms with Crippen LogP contribution in [0.1, 0.15) is 27.0 Å². The second kappa shape index (κ2) is 13.4. The predicted molar refractivity (Wildman–Crippen MR) is 181 cm³/mol. The lowest BCUT2D eigenvalue weighted by atomic mass is 10.0. The van der Waals surface area contributed by atoms with E-state index in [4.69, 9.17) is 15.2 Å². The number of rotatable bonds is 10. The Labute approximate surface area is 270 Å². The number of carbonyl (C=O) groups excluding carboxylic acids is 2. The molecule has 10 heteroatoms. The molecule has 2 aliphatic rings. The summed E-state index contributed by atoms with van der Waals surface area (Å²) >= 11 is 0. The first-order chi connectivity index (χ1) is 22.2. The summed E-state index contributed by atoms with van der Waals surface area (Å²) in [6.45, 7) is 6.95. The molecule has 0 radical (unpaired) electrons. The molecule has 1 saturated heterocycles. The van der Waals surface area contributed by atoms with Gasteiger partial charge in [-0.3, -0.25) is 9.69 Å². The average Bonchev–Trinajstić information content (AvgIpc) is 3.52. The third-order valence-corrected chi connectivity index (χ3v) is 8.75. The first-order valence-electron chi connectivity index (χ1n) is 15.7. The highest BCUT2D eigenvalue weighted by atomic mass is 16.5. The quantitative estimate of drug-likeness (QED) is 0.253. The Bertz CT molecular complexity index is 1780. The number of hydrogen-bond donors (Lipinski definition) is 2. The molecule has 46 heavy (non-hydrogen) atoms. The van der Waals surface area contributed by atoms with Crippen LogP contribution in [0.4, 0.5) is 4.79 Å². The van der Waals surface area contributed by atoms with E-state index in [-0.39, 0.29) is 18.1 Å². The van der Waals surface area contributed by atoms with Gasteiger partial charge in [-0.15, -0.1) is 0 Å². The summed E-state index contributed by atoms with van der Waals surface area (Å²) in [5, 5.41) is 3.56. The Balaban J connectivity index is 1.45. The number of nitrogens with two attached hydrogens (primary N) is 1. The second-order valence-corrected chi connectivity index (χ2v) is 12.4. The lowest BCUT2D eigenvalue weighted by Crippen LogP contribution is -2.45. The maximum absolute atomic E-state index is 13.8. The number of aromatic nitrogens is 1. The van der Waals surface area contributed by atoms with Crippen LogP contribution in [0.3, 0.4) is 0 Å². The van der Waals surface area contributed by atoms with Crippen LogP contribution < -0.4 is 20.5 Å². The van der Waals surface area contributed by atoms with Crippen LogP contribution >= 0.6 is 0 Å². The van der Waals surface area contributed by atoms with Crippen LogP contribution in [0.15, 0.2) is 66.4 Å². The van der Waals surface area contributed by atoms with Gasteiger partial charge in [-0.05, 0) is 74.2 Å². The number of ketones is 1. The van der Waals surface area contributed by atoms with E-state index in [9.17, 15) is 9.59 Å². The molecule has 3 N–H and O–H groups in total. The number of hydrogen-bond acceptors (Lipinski definition) is 7. The Hall–Kier alpha value is -4.64. The number of carbonyl (C=O) groups is 2. The third-order valence-electron chi connectivity index (χ3n) is 8.75. The van der Waals surface area contributed by atoms with E-state index in [2.05, 4.69) is 76.1 Å². The van der Waals surface area contributed by atoms with Crippen LogP contribution in [-0.4, -0.2) is 92.1 Å². The molecule has 3 aromatic carbocycles. The van der Waals surface area contributed by atoms with Gasteiger partial charge in [0.1, 0.15) is 11.5 Å². The molecular weight excluding hydrogens is 580 g/mol. The summed E-state index contributed by atoms with van der Waals surface area (Å²) in [6.07, 6.45) is 1.88. The van der Waals surface area contributed by atoms with Gasteiger partial charge in [-0.1, -0.05) is 30.3 Å². The lowest BCUT2D eigenvalue weighted by molar-refractivity contribution is 0.101. The van der Waals surface area contributed by atoms with E-state index < -0.39 is 6.03 Å². The van der Waals surface area contributed by atoms with E-state index in [1.807, 2.05) is 24.3 Å². The molecule has 10 nitrogen and oxygen atoms in total. The highest BCUT2D eigenvalue weighted by Crippen LogP contribution is 2.40. The van der Waals surface area contributed by atoms with Gasteiger partial charge in [-0.2, -0.15) is 0 Å². The number of nitrogens with one attached hydrogen (secondary N) is 1. The predicted octanol–water partition coefficient (Wildman–Crippen LogP) is 4.41. The molecule has 2 amide bonds. The Morgan fingerprint density at radius 3 is 2.43 bits per heavy atom. The summed E-state index contributed by atoms with van der Waals surface area (Å²) in [5.41, 5.74) is 11.8. The normalized spacial score (nSPS) is 16.3. The molecule has 1 aromatic heterocycles. The molecule has 4 aromatic rings. The van der Waals surface area contributed by atoms with Gasteiger partial charge >= 0.3 is 6.03 Å². The zero-order valence-corrected chi connectivity index (χ0v) is 27.0. The van der Waals surface area contributed by atoms with Crippen molar-refractivity contribution in [3.05, 3.63) is 88.7 Å². The topological polar surface area (TPSA) is 105 Å². The third kappa shape index (κ3) is 6.64. The number of urea groups is 1. The molecular formula is C36H42N6O4. The van der Waals surface area contributed by atoms with Crippen LogP contribution in [0.5, 0.6) is 11.5 Å². The van der Waals surface area contributed by atoms with Crippen molar-refractivity contribution in [3.8, 4) is 22.8 Å². The summed E-state index contributed by atoms with van der Waals surface area (Å²) in [7, 11) is 7.97. The lowest BCUT2D eigenvalue weighted by Gasteiger charge is -2.32. The van der Waals surface area contributed by atoms with Crippen molar-refractivity contribution < 1.29 is 19.1 Å². The smallest absolute Gasteiger partial charge is 0.312 e. The van der Waals surface area contributed by atoms with Gasteiger partial charge in [0, 0.05) is 68.8 Å². The number of fused-ring (bicyclic) bond motifs is 2. The molecule has 1 fully saturated rings. The number of nitrogens with zero attached hydrogens (tertiary/aromatic N) is 4. The van der Waals surface area contributed by atoms with E-state index in [1.165, 1.54) is 5.56 Å². The number of ether oxygens (including phenoxy) is 2. The number of primary amides is 1. The van der Waals surface area contributed by atoms with Crippen molar-refractivity contribution in [1.29, 1.82) is 0 Å². The number of benzene rings is 3. The summed E-state index contributed by atoms with van der Waals surface area (Å²) in [5.74, 6) is 1.28. The van der Waals surface area contributed by atoms with E-state index in [0.29, 0.717) is 11.3 Å². The monoisotopic (exact) mass is 622 g/mol. The number of allylic oxidation sites excluding steroid dienone is 1. The molecule has 0 atom stereocenters. The van der Waals surface area contributed by atoms with Gasteiger partial charge in [0.05, 0.1) is 18.4 Å². The maximum Gasteiger partial charge on any atom is 0.312 e. The zero-order valence-electron chi connectivity index (χ0n) is 27.0. The van der Waals surface area contributed by atoms with E-state index >= 15 is 0 Å². The van der Waals surface area contributed by atoms with E-state index in [1.54, 1.807) is 19.2 Å². The van der Waals surface area contributed by atoms with Crippen LogP contribution in [0.2, 0.25) is 0 Å². The molecule has 0 aliphatic carbocycles. The second-order valence-electron chi connectivity index (χ2n) is 12.4. The molecule has 0 bridgehead atoms. The van der Waals surface area contributed by atoms with Gasteiger partial charge in [0.25, 0.3) is 0 Å². The van der Waals surface area contributed by atoms with Gasteiger partial charge in [0.15, 0.2) is 5.76 Å². The fourth-order valence-corrected chi connectivity index (χ4v) is 6.29. The summed E-state index contributed by atoms with van der Waals surface area (Å²) in [6, 6.07) is 19.5. The number of piperazine rings is 1. The summed E-state index contributed by atoms with van der Waals surface area (Å²) in [4.78, 5) is 32.0. The van der Waals surface area contributed by atoms with Crippen molar-refractivity contribution >= 4 is 28.8 Å². The Kier molecular flexibility index (Phi) is 9.12. The molecule has 6 rings (SSSR count). The van der Waals surface area contributed by atoms with Gasteiger partial charge in [0.2, 0.25) is 5.78 Å². The highest BCUT2D eigenvalue weighted by molar-refractivity contribution is 6.16. The molecule has 0 spiro atoms. The molecule has 2 aliphatic heterocycles. The van der Waals surface area contributed by atoms with Crippen molar-refractivity contribution in [2.75, 3.05) is 61.0 Å². The molecule has 240 valence electrons. The minimum Gasteiger partial charge on any atom is -0.497 e. The van der Waals surface area contributed by atoms with Gasteiger partial charge in [-0.25, -0.2) is 4.79 Å². The maximum atomic E-state index is 13.8. The van der Waals surface area contributed by atoms with E-state index in [0.717, 1.165) is 84.9 Å². The van der Waals surface area contributed by atoms with Crippen molar-refractivity contribution in [2.24, 2.45) is 5.73 Å². The first kappa shape index (κ1) is 31.3. The Morgan fingerprint density at radius 1 is 1.00 bits per heavy atom. The largest absolute Gasteiger partial charge is 0.497 e. The first-order valence-corrected chi connectivity index (χ1v) is 15.7. The molecule has 0 unspecified atom stereocenters. The number of methoxy groups -OCH3 is 1. The number of Topliss-reactive ketones (excluding diaryl/α,β-unsaturated/α-hetero) is 1. The average molecular weight is 623 g/mol. The minimum absolute atomic E-state index is 0.204. The number of amides is 2. The van der Waals surface area contributed by atoms with Crippen LogP contribution in [0.25, 0.3) is 28.2 Å². The highest BCUT2D eigenvalue weighted by Gasteiger charge is 2.29. The van der Waals surface area contributed by atoms with Crippen molar-refractivity contribution in [2.45, 2.75) is 19.6 Å². The fourth-order valence-electron chi connectivity index (χ4n) is 6.29.